The SMILES string of the molecule is CC/C=C\C=C(/C)CCC(NC(C)C(=O)N(CCCC)CC(=O)O)C(=O)OCCO[N+](=O)[O-]. The molecule has 33 heavy (non-hydrogen) atoms. The molecule has 11 nitrogen and oxygen atoms in total. The summed E-state index contributed by atoms with van der Waals surface area (Å²) in [6.07, 6.45) is 9.07. The number of nitrogens with one attached hydrogen (secondary N) is 1. The maximum atomic E-state index is 12.8. The molecule has 0 saturated heterocycles. The first-order valence-electron chi connectivity index (χ1n) is 11.1. The van der Waals surface area contributed by atoms with Gasteiger partial charge in [-0.3, -0.25) is 19.7 Å². The quantitative estimate of drug-likeness (QED) is 0.101. The van der Waals surface area contributed by atoms with Gasteiger partial charge in [0.25, 0.3) is 5.09 Å². The molecule has 0 aliphatic carbocycles. The number of rotatable bonds is 18. The summed E-state index contributed by atoms with van der Waals surface area (Å²) in [7, 11) is 0. The summed E-state index contributed by atoms with van der Waals surface area (Å²) >= 11 is 0. The third kappa shape index (κ3) is 14.7. The lowest BCUT2D eigenvalue weighted by atomic mass is 10.0. The summed E-state index contributed by atoms with van der Waals surface area (Å²) in [5.74, 6) is -2.22. The average Bonchev–Trinajstić information content (AvgIpc) is 2.75. The van der Waals surface area contributed by atoms with Crippen LogP contribution < -0.4 is 5.32 Å². The van der Waals surface area contributed by atoms with Crippen LogP contribution in [-0.4, -0.2) is 71.3 Å². The zero-order valence-electron chi connectivity index (χ0n) is 20.0. The first-order chi connectivity index (χ1) is 15.6. The fourth-order valence-corrected chi connectivity index (χ4v) is 2.87. The van der Waals surface area contributed by atoms with E-state index in [0.29, 0.717) is 25.8 Å². The average molecular weight is 472 g/mol. The number of ether oxygens (including phenoxy) is 1. The lowest BCUT2D eigenvalue weighted by Crippen LogP contribution is -2.52. The van der Waals surface area contributed by atoms with Crippen molar-refractivity contribution in [2.45, 2.75) is 71.9 Å². The molecule has 0 aliphatic heterocycles. The summed E-state index contributed by atoms with van der Waals surface area (Å²) in [5, 5.41) is 21.3. The van der Waals surface area contributed by atoms with Crippen molar-refractivity contribution in [3.63, 3.8) is 0 Å². The number of carboxylic acids is 1. The van der Waals surface area contributed by atoms with E-state index in [4.69, 9.17) is 9.84 Å². The first kappa shape index (κ1) is 30.0. The van der Waals surface area contributed by atoms with Crippen molar-refractivity contribution in [2.75, 3.05) is 26.3 Å². The van der Waals surface area contributed by atoms with Crippen molar-refractivity contribution in [3.8, 4) is 0 Å². The highest BCUT2D eigenvalue weighted by Gasteiger charge is 2.28. The van der Waals surface area contributed by atoms with Crippen molar-refractivity contribution in [1.29, 1.82) is 0 Å². The topological polar surface area (TPSA) is 148 Å². The Kier molecular flexibility index (Phi) is 16.0. The van der Waals surface area contributed by atoms with Gasteiger partial charge in [-0.05, 0) is 39.5 Å². The molecule has 188 valence electrons. The number of amides is 1. The fraction of sp³-hybridized carbons (Fsp3) is 0.682. The van der Waals surface area contributed by atoms with Gasteiger partial charge in [-0.25, -0.2) is 0 Å². The highest BCUT2D eigenvalue weighted by Crippen LogP contribution is 2.11. The maximum absolute atomic E-state index is 12.8. The summed E-state index contributed by atoms with van der Waals surface area (Å²) in [5.41, 5.74) is 1.02. The van der Waals surface area contributed by atoms with Crippen LogP contribution in [0.15, 0.2) is 23.8 Å². The number of nitrogens with zero attached hydrogens (tertiary/aromatic N) is 2. The molecule has 1 amide bonds. The predicted molar refractivity (Wildman–Crippen MR) is 122 cm³/mol. The summed E-state index contributed by atoms with van der Waals surface area (Å²) in [6, 6.07) is -1.70. The number of hydrogen-bond acceptors (Lipinski definition) is 8. The van der Waals surface area contributed by atoms with Crippen LogP contribution in [0.25, 0.3) is 0 Å². The van der Waals surface area contributed by atoms with E-state index in [1.54, 1.807) is 6.92 Å². The van der Waals surface area contributed by atoms with E-state index in [1.165, 1.54) is 4.90 Å². The molecule has 0 fully saturated rings. The molecule has 0 aromatic carbocycles. The number of allylic oxidation sites excluding steroid dienone is 4. The van der Waals surface area contributed by atoms with Crippen LogP contribution in [0.2, 0.25) is 0 Å². The van der Waals surface area contributed by atoms with Gasteiger partial charge in [0.05, 0.1) is 6.04 Å². The zero-order valence-corrected chi connectivity index (χ0v) is 20.0. The molecule has 0 spiro atoms. The third-order valence-electron chi connectivity index (χ3n) is 4.63. The van der Waals surface area contributed by atoms with Crippen molar-refractivity contribution in [3.05, 3.63) is 33.9 Å². The van der Waals surface area contributed by atoms with Gasteiger partial charge in [0.15, 0.2) is 0 Å². The number of carbonyl (C=O) groups excluding carboxylic acids is 2. The third-order valence-corrected chi connectivity index (χ3v) is 4.63. The Morgan fingerprint density at radius 1 is 1.24 bits per heavy atom. The highest BCUT2D eigenvalue weighted by atomic mass is 17.0. The number of esters is 1. The maximum Gasteiger partial charge on any atom is 0.323 e. The molecule has 11 heteroatoms. The van der Waals surface area contributed by atoms with Gasteiger partial charge in [0.1, 0.15) is 25.8 Å². The van der Waals surface area contributed by atoms with Crippen LogP contribution in [0.3, 0.4) is 0 Å². The predicted octanol–water partition coefficient (Wildman–Crippen LogP) is 2.49. The second-order valence-electron chi connectivity index (χ2n) is 7.56. The Hall–Kier alpha value is -2.95. The Morgan fingerprint density at radius 2 is 1.94 bits per heavy atom. The molecule has 0 radical (unpaired) electrons. The fourth-order valence-electron chi connectivity index (χ4n) is 2.87. The van der Waals surface area contributed by atoms with Gasteiger partial charge in [0.2, 0.25) is 5.91 Å². The van der Waals surface area contributed by atoms with E-state index >= 15 is 0 Å². The first-order valence-corrected chi connectivity index (χ1v) is 11.1. The molecule has 0 aromatic rings. The lowest BCUT2D eigenvalue weighted by molar-refractivity contribution is -0.757. The van der Waals surface area contributed by atoms with Crippen LogP contribution in [-0.2, 0) is 24.0 Å². The summed E-state index contributed by atoms with van der Waals surface area (Å²) < 4.78 is 5.07. The highest BCUT2D eigenvalue weighted by molar-refractivity contribution is 5.86. The van der Waals surface area contributed by atoms with E-state index in [1.807, 2.05) is 39.0 Å². The Labute approximate surface area is 194 Å². The van der Waals surface area contributed by atoms with Gasteiger partial charge in [-0.1, -0.05) is 44.1 Å². The normalized spacial score (nSPS) is 13.4. The second kappa shape index (κ2) is 17.6. The van der Waals surface area contributed by atoms with Crippen LogP contribution in [0.1, 0.15) is 59.8 Å². The van der Waals surface area contributed by atoms with E-state index < -0.39 is 48.2 Å². The summed E-state index contributed by atoms with van der Waals surface area (Å²) in [6.45, 7) is 6.60. The lowest BCUT2D eigenvalue weighted by Gasteiger charge is -2.27. The molecule has 0 rings (SSSR count). The second-order valence-corrected chi connectivity index (χ2v) is 7.56. The molecule has 0 aliphatic rings. The Bertz CT molecular complexity index is 693. The number of carboxylic acid groups (broad SMARTS) is 1. The van der Waals surface area contributed by atoms with Crippen molar-refractivity contribution >= 4 is 17.8 Å². The molecule has 2 atom stereocenters. The standard InChI is InChI=1S/C22H37N3O8/c1-5-7-9-10-17(3)11-12-19(22(29)32-14-15-33-25(30)31)23-18(4)21(28)24(13-8-6-2)16-20(26)27/h7,9-10,18-19,23H,5-6,8,11-16H2,1-4H3,(H,26,27)/b9-7-,17-10+. The van der Waals surface area contributed by atoms with Crippen molar-refractivity contribution in [1.82, 2.24) is 10.2 Å². The van der Waals surface area contributed by atoms with Gasteiger partial charge in [-0.15, -0.1) is 10.1 Å². The van der Waals surface area contributed by atoms with Crippen molar-refractivity contribution < 1.29 is 34.2 Å². The van der Waals surface area contributed by atoms with Gasteiger partial charge in [0, 0.05) is 6.54 Å². The van der Waals surface area contributed by atoms with E-state index in [0.717, 1.165) is 18.4 Å². The molecular formula is C22H37N3O8. The molecule has 0 saturated carbocycles. The molecule has 0 heterocycles. The van der Waals surface area contributed by atoms with Gasteiger partial charge >= 0.3 is 11.9 Å². The van der Waals surface area contributed by atoms with E-state index in [9.17, 15) is 24.5 Å². The van der Waals surface area contributed by atoms with Crippen molar-refractivity contribution in [2.24, 2.45) is 0 Å². The van der Waals surface area contributed by atoms with E-state index in [2.05, 4.69) is 10.2 Å². The molecule has 0 aromatic heterocycles. The molecule has 2 N–H and O–H groups in total. The Morgan fingerprint density at radius 3 is 2.52 bits per heavy atom. The molecule has 2 unspecified atom stereocenters. The van der Waals surface area contributed by atoms with Crippen LogP contribution in [0.5, 0.6) is 0 Å². The number of aliphatic carboxylic acids is 1. The van der Waals surface area contributed by atoms with Crippen LogP contribution in [0, 0.1) is 10.1 Å². The number of unbranched alkanes of at least 4 members (excludes halogenated alkanes) is 1. The minimum atomic E-state index is -1.12. The largest absolute Gasteiger partial charge is 0.480 e. The number of hydrogen-bond donors (Lipinski definition) is 2. The molecular weight excluding hydrogens is 434 g/mol. The van der Waals surface area contributed by atoms with E-state index in [-0.39, 0.29) is 6.61 Å². The minimum absolute atomic E-state index is 0.298. The van der Waals surface area contributed by atoms with Crippen LogP contribution >= 0.6 is 0 Å². The smallest absolute Gasteiger partial charge is 0.323 e. The summed E-state index contributed by atoms with van der Waals surface area (Å²) in [4.78, 5) is 52.2. The van der Waals surface area contributed by atoms with Crippen LogP contribution in [0.4, 0.5) is 0 Å². The zero-order chi connectivity index (χ0) is 25.2. The van der Waals surface area contributed by atoms with Gasteiger partial charge in [-0.2, -0.15) is 0 Å². The van der Waals surface area contributed by atoms with Gasteiger partial charge < -0.3 is 19.6 Å². The minimum Gasteiger partial charge on any atom is -0.480 e. The molecule has 0 bridgehead atoms. The Balaban J connectivity index is 5.25. The number of carbonyl (C=O) groups is 3. The monoisotopic (exact) mass is 471 g/mol.